The molecule has 0 saturated heterocycles. The normalized spacial score (nSPS) is 10.3. The van der Waals surface area contributed by atoms with Crippen LogP contribution in [0.4, 0.5) is 17.1 Å². The maximum absolute atomic E-state index is 12.6. The Hall–Kier alpha value is -3.38. The van der Waals surface area contributed by atoms with Crippen LogP contribution >= 0.6 is 0 Å². The molecule has 0 atom stereocenters. The highest BCUT2D eigenvalue weighted by atomic mass is 16.5. The van der Waals surface area contributed by atoms with Crippen LogP contribution in [0.5, 0.6) is 5.88 Å². The number of carbonyl (C=O) groups is 1. The van der Waals surface area contributed by atoms with E-state index in [9.17, 15) is 4.79 Å². The summed E-state index contributed by atoms with van der Waals surface area (Å²) in [7, 11) is 1.59. The molecule has 0 aliphatic carbocycles. The fourth-order valence-electron chi connectivity index (χ4n) is 2.42. The molecule has 0 spiro atoms. The Kier molecular flexibility index (Phi) is 6.38. The zero-order valence-corrected chi connectivity index (χ0v) is 15.0. The molecule has 1 heterocycles. The molecule has 2 N–H and O–H groups in total. The first-order chi connectivity index (χ1) is 13.3. The van der Waals surface area contributed by atoms with Crippen molar-refractivity contribution in [3.63, 3.8) is 0 Å². The van der Waals surface area contributed by atoms with Crippen LogP contribution in [-0.4, -0.2) is 31.2 Å². The molecule has 0 aliphatic heterocycles. The van der Waals surface area contributed by atoms with E-state index in [-0.39, 0.29) is 11.8 Å². The van der Waals surface area contributed by atoms with Gasteiger partial charge in [0.15, 0.2) is 0 Å². The van der Waals surface area contributed by atoms with Crippen molar-refractivity contribution in [1.82, 2.24) is 4.98 Å². The number of methoxy groups -OCH3 is 1. The first-order valence-electron chi connectivity index (χ1n) is 8.56. The standard InChI is InChI=1S/C21H21N3O3/c1-26-14-15-27-21-19(8-5-13-22-21)20(25)24-18-11-9-17(10-12-18)23-16-6-3-2-4-7-16/h2-13,23H,14-15H2,1H3,(H,24,25). The summed E-state index contributed by atoms with van der Waals surface area (Å²) in [6, 6.07) is 20.7. The Morgan fingerprint density at radius 1 is 0.889 bits per heavy atom. The lowest BCUT2D eigenvalue weighted by Crippen LogP contribution is -2.15. The summed E-state index contributed by atoms with van der Waals surface area (Å²) in [4.78, 5) is 16.7. The summed E-state index contributed by atoms with van der Waals surface area (Å²) >= 11 is 0. The van der Waals surface area contributed by atoms with Gasteiger partial charge in [0.2, 0.25) is 5.88 Å². The Balaban J connectivity index is 1.64. The number of para-hydroxylation sites is 1. The lowest BCUT2D eigenvalue weighted by molar-refractivity contribution is 0.101. The Morgan fingerprint density at radius 2 is 1.59 bits per heavy atom. The molecular formula is C21H21N3O3. The van der Waals surface area contributed by atoms with Crippen molar-refractivity contribution in [3.05, 3.63) is 78.5 Å². The van der Waals surface area contributed by atoms with Crippen LogP contribution in [0.1, 0.15) is 10.4 Å². The van der Waals surface area contributed by atoms with Crippen molar-refractivity contribution in [2.45, 2.75) is 0 Å². The number of anilines is 3. The molecule has 1 aromatic heterocycles. The largest absolute Gasteiger partial charge is 0.475 e. The number of aromatic nitrogens is 1. The van der Waals surface area contributed by atoms with Crippen LogP contribution in [0.25, 0.3) is 0 Å². The number of benzene rings is 2. The number of pyridine rings is 1. The number of hydrogen-bond acceptors (Lipinski definition) is 5. The smallest absolute Gasteiger partial charge is 0.261 e. The van der Waals surface area contributed by atoms with Gasteiger partial charge in [0, 0.05) is 30.4 Å². The van der Waals surface area contributed by atoms with E-state index in [4.69, 9.17) is 9.47 Å². The Morgan fingerprint density at radius 3 is 2.33 bits per heavy atom. The van der Waals surface area contributed by atoms with E-state index in [1.54, 1.807) is 25.4 Å². The highest BCUT2D eigenvalue weighted by Crippen LogP contribution is 2.20. The summed E-state index contributed by atoms with van der Waals surface area (Å²) in [5.41, 5.74) is 3.00. The Labute approximate surface area is 158 Å². The molecule has 3 aromatic rings. The van der Waals surface area contributed by atoms with Crippen molar-refractivity contribution < 1.29 is 14.3 Å². The summed E-state index contributed by atoms with van der Waals surface area (Å²) in [6.45, 7) is 0.751. The topological polar surface area (TPSA) is 72.5 Å². The number of nitrogens with zero attached hydrogens (tertiary/aromatic N) is 1. The number of hydrogen-bond donors (Lipinski definition) is 2. The first kappa shape index (κ1) is 18.4. The number of amides is 1. The molecule has 6 nitrogen and oxygen atoms in total. The average molecular weight is 363 g/mol. The van der Waals surface area contributed by atoms with Crippen LogP contribution < -0.4 is 15.4 Å². The minimum atomic E-state index is -0.278. The van der Waals surface area contributed by atoms with Gasteiger partial charge in [-0.15, -0.1) is 0 Å². The van der Waals surface area contributed by atoms with Crippen molar-refractivity contribution in [3.8, 4) is 5.88 Å². The van der Waals surface area contributed by atoms with Gasteiger partial charge >= 0.3 is 0 Å². The van der Waals surface area contributed by atoms with Crippen molar-refractivity contribution in [2.75, 3.05) is 31.0 Å². The molecule has 0 unspecified atom stereocenters. The van der Waals surface area contributed by atoms with Crippen LogP contribution in [0.3, 0.4) is 0 Å². The van der Waals surface area contributed by atoms with Gasteiger partial charge in [-0.2, -0.15) is 0 Å². The minimum Gasteiger partial charge on any atom is -0.475 e. The predicted octanol–water partition coefficient (Wildman–Crippen LogP) is 4.10. The molecule has 138 valence electrons. The molecule has 0 bridgehead atoms. The summed E-state index contributed by atoms with van der Waals surface area (Å²) in [6.07, 6.45) is 1.59. The number of nitrogens with one attached hydrogen (secondary N) is 2. The van der Waals surface area contributed by atoms with Crippen molar-refractivity contribution in [2.24, 2.45) is 0 Å². The van der Waals surface area contributed by atoms with Crippen molar-refractivity contribution in [1.29, 1.82) is 0 Å². The fraction of sp³-hybridized carbons (Fsp3) is 0.143. The maximum Gasteiger partial charge on any atom is 0.261 e. The molecule has 2 aromatic carbocycles. The van der Waals surface area contributed by atoms with E-state index in [0.717, 1.165) is 11.4 Å². The molecule has 0 aliphatic rings. The van der Waals surface area contributed by atoms with Gasteiger partial charge in [0.05, 0.1) is 6.61 Å². The lowest BCUT2D eigenvalue weighted by atomic mass is 10.2. The van der Waals surface area contributed by atoms with E-state index in [2.05, 4.69) is 15.6 Å². The lowest BCUT2D eigenvalue weighted by Gasteiger charge is -2.11. The van der Waals surface area contributed by atoms with E-state index in [1.807, 2.05) is 54.6 Å². The van der Waals surface area contributed by atoms with Gasteiger partial charge in [-0.1, -0.05) is 18.2 Å². The second-order valence-electron chi connectivity index (χ2n) is 5.72. The van der Waals surface area contributed by atoms with Crippen LogP contribution in [0, 0.1) is 0 Å². The van der Waals surface area contributed by atoms with Crippen molar-refractivity contribution >= 4 is 23.0 Å². The summed E-state index contributed by atoms with van der Waals surface area (Å²) in [5, 5.41) is 6.16. The average Bonchev–Trinajstić information content (AvgIpc) is 2.71. The second-order valence-corrected chi connectivity index (χ2v) is 5.72. The highest BCUT2D eigenvalue weighted by Gasteiger charge is 2.13. The molecule has 0 fully saturated rings. The van der Waals surface area contributed by atoms with Gasteiger partial charge < -0.3 is 20.1 Å². The van der Waals surface area contributed by atoms with E-state index >= 15 is 0 Å². The van der Waals surface area contributed by atoms with E-state index < -0.39 is 0 Å². The van der Waals surface area contributed by atoms with E-state index in [0.29, 0.717) is 24.5 Å². The second kappa shape index (κ2) is 9.35. The molecule has 0 saturated carbocycles. The molecule has 0 radical (unpaired) electrons. The van der Waals surface area contributed by atoms with Gasteiger partial charge in [-0.05, 0) is 48.5 Å². The molecule has 3 rings (SSSR count). The van der Waals surface area contributed by atoms with E-state index in [1.165, 1.54) is 0 Å². The van der Waals surface area contributed by atoms with Gasteiger partial charge in [0.25, 0.3) is 5.91 Å². The Bertz CT molecular complexity index is 867. The third-order valence-electron chi connectivity index (χ3n) is 3.75. The van der Waals surface area contributed by atoms with Crippen LogP contribution in [-0.2, 0) is 4.74 Å². The third kappa shape index (κ3) is 5.29. The highest BCUT2D eigenvalue weighted by molar-refractivity contribution is 6.05. The summed E-state index contributed by atoms with van der Waals surface area (Å²) in [5.74, 6) is 0.00806. The number of ether oxygens (including phenoxy) is 2. The predicted molar refractivity (Wildman–Crippen MR) is 106 cm³/mol. The van der Waals surface area contributed by atoms with Crippen LogP contribution in [0.15, 0.2) is 72.9 Å². The molecule has 6 heteroatoms. The van der Waals surface area contributed by atoms with Gasteiger partial charge in [0.1, 0.15) is 12.2 Å². The zero-order chi connectivity index (χ0) is 18.9. The molecule has 1 amide bonds. The first-order valence-corrected chi connectivity index (χ1v) is 8.56. The van der Waals surface area contributed by atoms with Crippen LogP contribution in [0.2, 0.25) is 0 Å². The number of rotatable bonds is 8. The monoisotopic (exact) mass is 363 g/mol. The zero-order valence-electron chi connectivity index (χ0n) is 15.0. The summed E-state index contributed by atoms with van der Waals surface area (Å²) < 4.78 is 10.5. The SMILES string of the molecule is COCCOc1ncccc1C(=O)Nc1ccc(Nc2ccccc2)cc1. The molecular weight excluding hydrogens is 342 g/mol. The number of carbonyl (C=O) groups excluding carboxylic acids is 1. The quantitative estimate of drug-likeness (QED) is 0.590. The minimum absolute atomic E-state index is 0.278. The maximum atomic E-state index is 12.6. The van der Waals surface area contributed by atoms with Gasteiger partial charge in [-0.3, -0.25) is 4.79 Å². The molecule has 27 heavy (non-hydrogen) atoms. The third-order valence-corrected chi connectivity index (χ3v) is 3.75. The van der Waals surface area contributed by atoms with Gasteiger partial charge in [-0.25, -0.2) is 4.98 Å². The fourth-order valence-corrected chi connectivity index (χ4v) is 2.42.